The maximum absolute atomic E-state index is 5.54. The van der Waals surface area contributed by atoms with Gasteiger partial charge in [0.25, 0.3) is 0 Å². The highest BCUT2D eigenvalue weighted by Crippen LogP contribution is 2.32. The van der Waals surface area contributed by atoms with Crippen LogP contribution < -0.4 is 20.1 Å². The molecule has 1 fully saturated rings. The Balaban J connectivity index is 0.00000272. The Hall–Kier alpha value is -2.04. The van der Waals surface area contributed by atoms with Crippen molar-refractivity contribution in [2.75, 3.05) is 53.2 Å². The molecular formula is C23H31IN4O3. The summed E-state index contributed by atoms with van der Waals surface area (Å²) in [6.45, 7) is 5.33. The van der Waals surface area contributed by atoms with Crippen LogP contribution in [0.1, 0.15) is 17.2 Å². The molecule has 7 nitrogen and oxygen atoms in total. The van der Waals surface area contributed by atoms with Crippen LogP contribution >= 0.6 is 24.0 Å². The summed E-state index contributed by atoms with van der Waals surface area (Å²) in [5.74, 6) is 2.45. The predicted octanol–water partition coefficient (Wildman–Crippen LogP) is 2.81. The molecular weight excluding hydrogens is 507 g/mol. The van der Waals surface area contributed by atoms with E-state index in [2.05, 4.69) is 56.9 Å². The summed E-state index contributed by atoms with van der Waals surface area (Å²) in [5.41, 5.74) is 2.51. The fourth-order valence-corrected chi connectivity index (χ4v) is 3.86. The van der Waals surface area contributed by atoms with Crippen molar-refractivity contribution in [2.24, 2.45) is 4.99 Å². The summed E-state index contributed by atoms with van der Waals surface area (Å²) in [7, 11) is 1.81. The van der Waals surface area contributed by atoms with E-state index in [0.29, 0.717) is 6.79 Å². The standard InChI is InChI=1S/C23H30N4O3.HI/c1-24-23(25-10-9-18-7-8-21-22(15-18)30-17-29-21)26-16-20(19-5-3-2-4-6-19)27-11-13-28-14-12-27;/h2-8,15,20H,9-14,16-17H2,1H3,(H2,24,25,26);1H. The zero-order valence-electron chi connectivity index (χ0n) is 17.9. The van der Waals surface area contributed by atoms with Crippen molar-refractivity contribution in [3.63, 3.8) is 0 Å². The Kier molecular flexibility index (Phi) is 9.23. The summed E-state index contributed by atoms with van der Waals surface area (Å²) < 4.78 is 16.4. The van der Waals surface area contributed by atoms with Crippen molar-refractivity contribution in [1.82, 2.24) is 15.5 Å². The Bertz CT molecular complexity index is 844. The van der Waals surface area contributed by atoms with Gasteiger partial charge in [-0.05, 0) is 29.7 Å². The largest absolute Gasteiger partial charge is 0.454 e. The van der Waals surface area contributed by atoms with Crippen LogP contribution in [0.3, 0.4) is 0 Å². The third-order valence-electron chi connectivity index (χ3n) is 5.50. The molecule has 1 atom stereocenters. The first-order chi connectivity index (χ1) is 14.8. The van der Waals surface area contributed by atoms with Crippen molar-refractivity contribution in [2.45, 2.75) is 12.5 Å². The molecule has 8 heteroatoms. The third kappa shape index (κ3) is 6.47. The van der Waals surface area contributed by atoms with Crippen LogP contribution in [0, 0.1) is 0 Å². The summed E-state index contributed by atoms with van der Waals surface area (Å²) in [6.07, 6.45) is 0.878. The summed E-state index contributed by atoms with van der Waals surface area (Å²) in [4.78, 5) is 6.87. The fraction of sp³-hybridized carbons (Fsp3) is 0.435. The van der Waals surface area contributed by atoms with Crippen LogP contribution in [0.4, 0.5) is 0 Å². The number of halogens is 1. The van der Waals surface area contributed by atoms with E-state index >= 15 is 0 Å². The van der Waals surface area contributed by atoms with Gasteiger partial charge >= 0.3 is 0 Å². The minimum Gasteiger partial charge on any atom is -0.454 e. The lowest BCUT2D eigenvalue weighted by Crippen LogP contribution is -2.46. The number of guanidine groups is 1. The van der Waals surface area contributed by atoms with Gasteiger partial charge in [0, 0.05) is 33.2 Å². The van der Waals surface area contributed by atoms with Crippen LogP contribution in [-0.4, -0.2) is 64.1 Å². The first kappa shape index (κ1) is 23.6. The van der Waals surface area contributed by atoms with Crippen molar-refractivity contribution in [1.29, 1.82) is 0 Å². The highest BCUT2D eigenvalue weighted by molar-refractivity contribution is 14.0. The molecule has 2 N–H and O–H groups in total. The van der Waals surface area contributed by atoms with E-state index in [0.717, 1.165) is 63.3 Å². The van der Waals surface area contributed by atoms with Gasteiger partial charge in [-0.1, -0.05) is 36.4 Å². The van der Waals surface area contributed by atoms with E-state index < -0.39 is 0 Å². The Labute approximate surface area is 201 Å². The summed E-state index contributed by atoms with van der Waals surface area (Å²) in [5, 5.41) is 6.92. The molecule has 0 spiro atoms. The Morgan fingerprint density at radius 3 is 2.58 bits per heavy atom. The quantitative estimate of drug-likeness (QED) is 0.321. The molecule has 0 saturated carbocycles. The number of hydrogen-bond donors (Lipinski definition) is 2. The van der Waals surface area contributed by atoms with Crippen LogP contribution in [0.15, 0.2) is 53.5 Å². The number of nitrogens with zero attached hydrogens (tertiary/aromatic N) is 2. The van der Waals surface area contributed by atoms with Gasteiger partial charge in [0.15, 0.2) is 17.5 Å². The van der Waals surface area contributed by atoms with E-state index in [9.17, 15) is 0 Å². The van der Waals surface area contributed by atoms with Crippen LogP contribution in [0.25, 0.3) is 0 Å². The van der Waals surface area contributed by atoms with Gasteiger partial charge in [0.2, 0.25) is 6.79 Å². The second kappa shape index (κ2) is 12.1. The van der Waals surface area contributed by atoms with Crippen molar-refractivity contribution in [3.8, 4) is 11.5 Å². The van der Waals surface area contributed by atoms with Gasteiger partial charge in [0.05, 0.1) is 19.3 Å². The molecule has 2 aromatic carbocycles. The van der Waals surface area contributed by atoms with Gasteiger partial charge in [-0.3, -0.25) is 9.89 Å². The van der Waals surface area contributed by atoms with Crippen LogP contribution in [-0.2, 0) is 11.2 Å². The molecule has 2 aromatic rings. The molecule has 0 aromatic heterocycles. The maximum Gasteiger partial charge on any atom is 0.231 e. The normalized spacial score (nSPS) is 17.0. The van der Waals surface area contributed by atoms with E-state index in [1.807, 2.05) is 19.2 Å². The first-order valence-electron chi connectivity index (χ1n) is 10.5. The van der Waals surface area contributed by atoms with Crippen molar-refractivity contribution in [3.05, 3.63) is 59.7 Å². The lowest BCUT2D eigenvalue weighted by molar-refractivity contribution is 0.0170. The highest BCUT2D eigenvalue weighted by atomic mass is 127. The van der Waals surface area contributed by atoms with Crippen LogP contribution in [0.5, 0.6) is 11.5 Å². The highest BCUT2D eigenvalue weighted by Gasteiger charge is 2.22. The molecule has 0 aliphatic carbocycles. The van der Waals surface area contributed by atoms with Crippen molar-refractivity contribution >= 4 is 29.9 Å². The maximum atomic E-state index is 5.54. The average molecular weight is 538 g/mol. The number of fused-ring (bicyclic) bond motifs is 1. The molecule has 2 heterocycles. The molecule has 2 aliphatic heterocycles. The molecule has 1 unspecified atom stereocenters. The lowest BCUT2D eigenvalue weighted by atomic mass is 10.0. The average Bonchev–Trinajstić information content (AvgIpc) is 3.27. The smallest absolute Gasteiger partial charge is 0.231 e. The van der Waals surface area contributed by atoms with Gasteiger partial charge in [-0.25, -0.2) is 0 Å². The molecule has 0 amide bonds. The van der Waals surface area contributed by atoms with Gasteiger partial charge < -0.3 is 24.8 Å². The van der Waals surface area contributed by atoms with Gasteiger partial charge in [-0.15, -0.1) is 24.0 Å². The number of ether oxygens (including phenoxy) is 3. The third-order valence-corrected chi connectivity index (χ3v) is 5.50. The number of hydrogen-bond acceptors (Lipinski definition) is 5. The summed E-state index contributed by atoms with van der Waals surface area (Å²) in [6, 6.07) is 17.0. The zero-order chi connectivity index (χ0) is 20.6. The topological polar surface area (TPSA) is 67.4 Å². The number of benzene rings is 2. The van der Waals surface area contributed by atoms with E-state index in [-0.39, 0.29) is 30.0 Å². The number of morpholine rings is 1. The fourth-order valence-electron chi connectivity index (χ4n) is 3.86. The molecule has 168 valence electrons. The molecule has 2 aliphatic rings. The van der Waals surface area contributed by atoms with Crippen molar-refractivity contribution < 1.29 is 14.2 Å². The number of nitrogens with one attached hydrogen (secondary N) is 2. The monoisotopic (exact) mass is 538 g/mol. The minimum atomic E-state index is 0. The van der Waals surface area contributed by atoms with Gasteiger partial charge in [-0.2, -0.15) is 0 Å². The lowest BCUT2D eigenvalue weighted by Gasteiger charge is -2.35. The number of aliphatic imine (C=N–C) groups is 1. The van der Waals surface area contributed by atoms with E-state index in [1.165, 1.54) is 11.1 Å². The van der Waals surface area contributed by atoms with Crippen LogP contribution in [0.2, 0.25) is 0 Å². The predicted molar refractivity (Wildman–Crippen MR) is 133 cm³/mol. The second-order valence-corrected chi connectivity index (χ2v) is 7.39. The van der Waals surface area contributed by atoms with Gasteiger partial charge in [0.1, 0.15) is 0 Å². The SMILES string of the molecule is CN=C(NCCc1ccc2c(c1)OCO2)NCC(c1ccccc1)N1CCOCC1.I. The second-order valence-electron chi connectivity index (χ2n) is 7.39. The first-order valence-corrected chi connectivity index (χ1v) is 10.5. The molecule has 0 bridgehead atoms. The molecule has 31 heavy (non-hydrogen) atoms. The Morgan fingerprint density at radius 2 is 1.81 bits per heavy atom. The molecule has 4 rings (SSSR count). The van der Waals surface area contributed by atoms with E-state index in [1.54, 1.807) is 0 Å². The van der Waals surface area contributed by atoms with E-state index in [4.69, 9.17) is 14.2 Å². The molecule has 1 saturated heterocycles. The molecule has 0 radical (unpaired) electrons. The minimum absolute atomic E-state index is 0. The number of rotatable bonds is 7. The summed E-state index contributed by atoms with van der Waals surface area (Å²) >= 11 is 0. The Morgan fingerprint density at radius 1 is 1.03 bits per heavy atom. The zero-order valence-corrected chi connectivity index (χ0v) is 20.2.